The number of halogens is 4. The fraction of sp³-hybridized carbons (Fsp3) is 0.158. The van der Waals surface area contributed by atoms with E-state index in [1.54, 1.807) is 6.92 Å². The number of hydrogen-bond acceptors (Lipinski definition) is 2. The summed E-state index contributed by atoms with van der Waals surface area (Å²) in [6, 6.07) is 3.99. The minimum Gasteiger partial charge on any atom is -0.328 e. The molecule has 146 valence electrons. The summed E-state index contributed by atoms with van der Waals surface area (Å²) < 4.78 is 54.6. The molecular formula is C19H15F4N3O2. The molecule has 2 aromatic carbocycles. The molecule has 0 unspecified atom stereocenters. The van der Waals surface area contributed by atoms with Crippen LogP contribution in [0.25, 0.3) is 10.8 Å². The average Bonchev–Trinajstić information content (AvgIpc) is 2.67. The van der Waals surface area contributed by atoms with Crippen molar-refractivity contribution in [3.63, 3.8) is 0 Å². The largest absolute Gasteiger partial charge is 0.328 e. The number of carbonyl (C=O) groups is 1. The van der Waals surface area contributed by atoms with Crippen LogP contribution in [0.5, 0.6) is 0 Å². The highest BCUT2D eigenvalue weighted by Crippen LogP contribution is 2.28. The third kappa shape index (κ3) is 3.30. The number of nitrogens with one attached hydrogen (secondary N) is 2. The van der Waals surface area contributed by atoms with Crippen LogP contribution in [0.3, 0.4) is 0 Å². The van der Waals surface area contributed by atoms with Crippen LogP contribution >= 0.6 is 0 Å². The van der Waals surface area contributed by atoms with Crippen molar-refractivity contribution in [2.24, 2.45) is 0 Å². The fourth-order valence-corrected chi connectivity index (χ4v) is 2.84. The smallest absolute Gasteiger partial charge is 0.322 e. The molecule has 0 spiro atoms. The van der Waals surface area contributed by atoms with E-state index >= 15 is 0 Å². The Kier molecular flexibility index (Phi) is 5.08. The Bertz CT molecular complexity index is 1130. The monoisotopic (exact) mass is 393 g/mol. The maximum absolute atomic E-state index is 14.1. The van der Waals surface area contributed by atoms with Crippen molar-refractivity contribution in [2.45, 2.75) is 13.0 Å². The Balaban J connectivity index is 1.95. The molecular weight excluding hydrogens is 378 g/mol. The maximum atomic E-state index is 14.1. The predicted octanol–water partition coefficient (Wildman–Crippen LogP) is 4.31. The van der Waals surface area contributed by atoms with Crippen molar-refractivity contribution < 1.29 is 22.4 Å². The molecule has 3 aromatic rings. The molecule has 3 rings (SSSR count). The van der Waals surface area contributed by atoms with Crippen molar-refractivity contribution in [3.05, 3.63) is 75.7 Å². The number of pyridine rings is 1. The van der Waals surface area contributed by atoms with Crippen LogP contribution in [-0.2, 0) is 0 Å². The van der Waals surface area contributed by atoms with E-state index in [-0.39, 0.29) is 11.1 Å². The van der Waals surface area contributed by atoms with Crippen LogP contribution < -0.4 is 10.9 Å². The van der Waals surface area contributed by atoms with Gasteiger partial charge < -0.3 is 15.2 Å². The molecule has 2 N–H and O–H groups in total. The molecule has 1 heterocycles. The van der Waals surface area contributed by atoms with Crippen molar-refractivity contribution in [1.82, 2.24) is 9.88 Å². The number of hydrogen-bond donors (Lipinski definition) is 2. The molecule has 2 amide bonds. The van der Waals surface area contributed by atoms with E-state index in [1.807, 2.05) is 0 Å². The Morgan fingerprint density at radius 1 is 1.07 bits per heavy atom. The molecule has 28 heavy (non-hydrogen) atoms. The highest BCUT2D eigenvalue weighted by atomic mass is 19.2. The van der Waals surface area contributed by atoms with E-state index in [1.165, 1.54) is 31.4 Å². The number of benzene rings is 2. The molecule has 9 heteroatoms. The zero-order valence-corrected chi connectivity index (χ0v) is 14.8. The minimum absolute atomic E-state index is 0.131. The van der Waals surface area contributed by atoms with E-state index in [2.05, 4.69) is 10.3 Å². The van der Waals surface area contributed by atoms with Crippen molar-refractivity contribution in [3.8, 4) is 0 Å². The molecule has 0 radical (unpaired) electrons. The van der Waals surface area contributed by atoms with Crippen LogP contribution in [0.4, 0.5) is 28.0 Å². The number of urea groups is 1. The van der Waals surface area contributed by atoms with Gasteiger partial charge in [-0.05, 0) is 36.1 Å². The lowest BCUT2D eigenvalue weighted by Crippen LogP contribution is -2.34. The number of carbonyl (C=O) groups excluding carboxylic acids is 1. The van der Waals surface area contributed by atoms with E-state index in [4.69, 9.17) is 0 Å². The van der Waals surface area contributed by atoms with E-state index in [0.29, 0.717) is 5.56 Å². The third-order valence-electron chi connectivity index (χ3n) is 4.54. The second kappa shape index (κ2) is 7.34. The van der Waals surface area contributed by atoms with Crippen LogP contribution in [0.1, 0.15) is 18.5 Å². The predicted molar refractivity (Wildman–Crippen MR) is 96.0 cm³/mol. The number of H-pyrrole nitrogens is 1. The number of amides is 2. The quantitative estimate of drug-likeness (QED) is 0.652. The molecule has 0 aliphatic carbocycles. The Hall–Kier alpha value is -3.36. The molecule has 1 atom stereocenters. The number of fused-ring (bicyclic) bond motifs is 1. The first kappa shape index (κ1) is 19.4. The van der Waals surface area contributed by atoms with Gasteiger partial charge in [0, 0.05) is 13.2 Å². The van der Waals surface area contributed by atoms with Crippen LogP contribution in [0, 0.1) is 23.3 Å². The molecule has 1 aromatic heterocycles. The first-order valence-electron chi connectivity index (χ1n) is 8.19. The first-order chi connectivity index (χ1) is 13.2. The van der Waals surface area contributed by atoms with Gasteiger partial charge in [-0.15, -0.1) is 0 Å². The maximum Gasteiger partial charge on any atom is 0.322 e. The number of nitrogens with zero attached hydrogens (tertiary/aromatic N) is 1. The van der Waals surface area contributed by atoms with E-state index in [0.717, 1.165) is 17.0 Å². The molecule has 5 nitrogen and oxygen atoms in total. The van der Waals surface area contributed by atoms with Crippen molar-refractivity contribution in [2.75, 3.05) is 12.4 Å². The van der Waals surface area contributed by atoms with Crippen molar-refractivity contribution >= 4 is 22.5 Å². The van der Waals surface area contributed by atoms with Gasteiger partial charge in [0.1, 0.15) is 0 Å². The standard InChI is InChI=1S/C19H15F4N3O2/c1-9(26(2)19(28)25-14-5-3-4-12(20)16(14)22)11-8-24-18(27)15-10(11)6-7-13(21)17(15)23/h3-9H,1-2H3,(H,24,27)(H,25,28)/t9-/m0/s1. The van der Waals surface area contributed by atoms with Gasteiger partial charge in [-0.1, -0.05) is 12.1 Å². The summed E-state index contributed by atoms with van der Waals surface area (Å²) in [7, 11) is 1.38. The van der Waals surface area contributed by atoms with E-state index < -0.39 is 46.3 Å². The molecule has 0 aliphatic rings. The molecule has 0 aliphatic heterocycles. The highest BCUT2D eigenvalue weighted by molar-refractivity contribution is 5.91. The molecule has 0 bridgehead atoms. The molecule has 0 saturated carbocycles. The van der Waals surface area contributed by atoms with Gasteiger partial charge in [-0.3, -0.25) is 4.79 Å². The summed E-state index contributed by atoms with van der Waals surface area (Å²) >= 11 is 0. The number of anilines is 1. The Morgan fingerprint density at radius 3 is 2.46 bits per heavy atom. The van der Waals surface area contributed by atoms with E-state index in [9.17, 15) is 27.2 Å². The van der Waals surface area contributed by atoms with Gasteiger partial charge >= 0.3 is 6.03 Å². The topological polar surface area (TPSA) is 65.2 Å². The summed E-state index contributed by atoms with van der Waals surface area (Å²) in [5.41, 5.74) is -0.814. The normalized spacial score (nSPS) is 12.1. The Morgan fingerprint density at radius 2 is 1.75 bits per heavy atom. The van der Waals surface area contributed by atoms with Gasteiger partial charge in [-0.25, -0.2) is 22.4 Å². The first-order valence-corrected chi connectivity index (χ1v) is 8.19. The number of aromatic amines is 1. The SMILES string of the molecule is C[C@@H](c1c[nH]c(=O)c2c(F)c(F)ccc12)N(C)C(=O)Nc1cccc(F)c1F. The number of rotatable bonds is 3. The summed E-state index contributed by atoms with van der Waals surface area (Å²) in [4.78, 5) is 27.8. The Labute approximate surface area is 156 Å². The lowest BCUT2D eigenvalue weighted by atomic mass is 10.0. The van der Waals surface area contributed by atoms with Crippen LogP contribution in [0.15, 0.2) is 41.3 Å². The molecule has 0 saturated heterocycles. The second-order valence-corrected chi connectivity index (χ2v) is 6.18. The van der Waals surface area contributed by atoms with Gasteiger partial charge in [0.15, 0.2) is 23.3 Å². The van der Waals surface area contributed by atoms with Crippen molar-refractivity contribution in [1.29, 1.82) is 0 Å². The van der Waals surface area contributed by atoms with Gasteiger partial charge in [0.2, 0.25) is 0 Å². The van der Waals surface area contributed by atoms with Gasteiger partial charge in [0.05, 0.1) is 17.1 Å². The molecule has 0 fully saturated rings. The average molecular weight is 393 g/mol. The van der Waals surface area contributed by atoms with Gasteiger partial charge in [0.25, 0.3) is 5.56 Å². The number of aromatic nitrogens is 1. The summed E-state index contributed by atoms with van der Waals surface area (Å²) in [6.45, 7) is 1.58. The fourth-order valence-electron chi connectivity index (χ4n) is 2.84. The summed E-state index contributed by atoms with van der Waals surface area (Å²) in [6.07, 6.45) is 1.29. The van der Waals surface area contributed by atoms with Crippen LogP contribution in [-0.4, -0.2) is 23.0 Å². The highest BCUT2D eigenvalue weighted by Gasteiger charge is 2.23. The zero-order valence-electron chi connectivity index (χ0n) is 14.8. The lowest BCUT2D eigenvalue weighted by Gasteiger charge is -2.26. The zero-order chi connectivity index (χ0) is 20.6. The summed E-state index contributed by atoms with van der Waals surface area (Å²) in [5, 5.41) is 1.92. The third-order valence-corrected chi connectivity index (χ3v) is 4.54. The lowest BCUT2D eigenvalue weighted by molar-refractivity contribution is 0.208. The van der Waals surface area contributed by atoms with Gasteiger partial charge in [-0.2, -0.15) is 0 Å². The minimum atomic E-state index is -1.29. The van der Waals surface area contributed by atoms with Crippen LogP contribution in [0.2, 0.25) is 0 Å². The second-order valence-electron chi connectivity index (χ2n) is 6.18. The summed E-state index contributed by atoms with van der Waals surface area (Å²) in [5.74, 6) is -4.78.